The Kier molecular flexibility index (Phi) is 5.28. The van der Waals surface area contributed by atoms with Gasteiger partial charge in [0.1, 0.15) is 5.54 Å². The van der Waals surface area contributed by atoms with Crippen LogP contribution in [0, 0.1) is 11.8 Å². The first-order valence-electron chi connectivity index (χ1n) is 10.7. The molecule has 3 heterocycles. The zero-order chi connectivity index (χ0) is 22.5. The van der Waals surface area contributed by atoms with Crippen LogP contribution in [0.4, 0.5) is 5.69 Å². The molecule has 5 rings (SSSR count). The molecule has 7 nitrogen and oxygen atoms in total. The summed E-state index contributed by atoms with van der Waals surface area (Å²) in [5, 5.41) is 6.80. The van der Waals surface area contributed by atoms with Gasteiger partial charge in [-0.15, -0.1) is 0 Å². The molecule has 1 spiro atoms. The number of imide groups is 1. The molecular formula is C24H24ClN3O4. The minimum Gasteiger partial charge on any atom is -0.385 e. The van der Waals surface area contributed by atoms with E-state index in [0.29, 0.717) is 35.7 Å². The Bertz CT molecular complexity index is 1090. The average Bonchev–Trinajstić information content (AvgIpc) is 3.35. The lowest BCUT2D eigenvalue weighted by Crippen LogP contribution is -2.53. The Hall–Kier alpha value is -2.74. The summed E-state index contributed by atoms with van der Waals surface area (Å²) in [6, 6.07) is 14.6. The van der Waals surface area contributed by atoms with Crippen molar-refractivity contribution in [3.8, 4) is 0 Å². The average molecular weight is 454 g/mol. The Morgan fingerprint density at radius 3 is 2.62 bits per heavy atom. The topological polar surface area (TPSA) is 87.7 Å². The fraction of sp³-hybridized carbons (Fsp3) is 0.375. The molecular weight excluding hydrogens is 430 g/mol. The lowest BCUT2D eigenvalue weighted by molar-refractivity contribution is -0.143. The maximum absolute atomic E-state index is 13.6. The summed E-state index contributed by atoms with van der Waals surface area (Å²) in [5.74, 6) is -2.33. The van der Waals surface area contributed by atoms with Crippen LogP contribution >= 0.6 is 11.6 Å². The van der Waals surface area contributed by atoms with Gasteiger partial charge in [0, 0.05) is 42.6 Å². The summed E-state index contributed by atoms with van der Waals surface area (Å²) in [6.45, 7) is 0.721. The highest BCUT2D eigenvalue weighted by atomic mass is 35.5. The molecule has 8 heteroatoms. The number of anilines is 1. The van der Waals surface area contributed by atoms with E-state index in [-0.39, 0.29) is 30.3 Å². The number of benzene rings is 2. The van der Waals surface area contributed by atoms with Gasteiger partial charge in [-0.3, -0.25) is 24.6 Å². The second kappa shape index (κ2) is 7.99. The number of hydrogen-bond donors (Lipinski definition) is 2. The molecule has 32 heavy (non-hydrogen) atoms. The van der Waals surface area contributed by atoms with Crippen molar-refractivity contribution in [1.29, 1.82) is 0 Å². The van der Waals surface area contributed by atoms with Gasteiger partial charge in [0.25, 0.3) is 0 Å². The number of nitrogens with zero attached hydrogens (tertiary/aromatic N) is 1. The molecule has 2 N–H and O–H groups in total. The van der Waals surface area contributed by atoms with E-state index in [1.165, 1.54) is 4.90 Å². The molecule has 4 atom stereocenters. The van der Waals surface area contributed by atoms with Crippen molar-refractivity contribution < 1.29 is 19.1 Å². The van der Waals surface area contributed by atoms with Crippen LogP contribution in [0.2, 0.25) is 5.02 Å². The predicted octanol–water partition coefficient (Wildman–Crippen LogP) is 2.34. The number of methoxy groups -OCH3 is 1. The SMILES string of the molecule is COCCCN1C(=O)[C@@H]2C(Cc3ccccc3)NC3(C(=O)Nc4ccc(Cl)cc43)[C@@H]2C1=O. The maximum atomic E-state index is 13.6. The quantitative estimate of drug-likeness (QED) is 0.518. The van der Waals surface area contributed by atoms with Crippen LogP contribution in [-0.4, -0.2) is 48.9 Å². The largest absolute Gasteiger partial charge is 0.385 e. The number of nitrogens with one attached hydrogen (secondary N) is 2. The van der Waals surface area contributed by atoms with Crippen molar-refractivity contribution in [2.75, 3.05) is 25.6 Å². The van der Waals surface area contributed by atoms with E-state index in [9.17, 15) is 14.4 Å². The van der Waals surface area contributed by atoms with Crippen molar-refractivity contribution in [3.05, 3.63) is 64.7 Å². The minimum absolute atomic E-state index is 0.232. The molecule has 2 aromatic carbocycles. The molecule has 0 aliphatic carbocycles. The van der Waals surface area contributed by atoms with Gasteiger partial charge in [0.15, 0.2) is 0 Å². The Balaban J connectivity index is 1.59. The summed E-state index contributed by atoms with van der Waals surface area (Å²) in [4.78, 5) is 41.8. The molecule has 0 saturated carbocycles. The van der Waals surface area contributed by atoms with E-state index in [1.54, 1.807) is 25.3 Å². The Labute approximate surface area is 191 Å². The lowest BCUT2D eigenvalue weighted by atomic mass is 9.76. The Morgan fingerprint density at radius 1 is 1.09 bits per heavy atom. The standard InChI is InChI=1S/C24H24ClN3O4/c1-32-11-5-10-28-21(29)19-18(12-14-6-3-2-4-7-14)27-24(20(19)22(28)30)16-13-15(25)8-9-17(16)26-23(24)31/h2-4,6-9,13,18-20,27H,5,10-12H2,1H3,(H,26,31)/t18?,19-,20+,24?/m1/s1. The van der Waals surface area contributed by atoms with Gasteiger partial charge in [-0.1, -0.05) is 41.9 Å². The predicted molar refractivity (Wildman–Crippen MR) is 119 cm³/mol. The van der Waals surface area contributed by atoms with Gasteiger partial charge >= 0.3 is 0 Å². The molecule has 166 valence electrons. The molecule has 2 unspecified atom stereocenters. The first kappa shape index (κ1) is 21.1. The highest BCUT2D eigenvalue weighted by Gasteiger charge is 2.70. The molecule has 2 aromatic rings. The number of halogens is 1. The molecule has 0 aromatic heterocycles. The zero-order valence-corrected chi connectivity index (χ0v) is 18.4. The number of hydrogen-bond acceptors (Lipinski definition) is 5. The van der Waals surface area contributed by atoms with E-state index in [1.807, 2.05) is 30.3 Å². The van der Waals surface area contributed by atoms with Crippen molar-refractivity contribution in [2.24, 2.45) is 11.8 Å². The zero-order valence-electron chi connectivity index (χ0n) is 17.6. The summed E-state index contributed by atoms with van der Waals surface area (Å²) in [7, 11) is 1.58. The van der Waals surface area contributed by atoms with Crippen LogP contribution in [0.25, 0.3) is 0 Å². The number of likely N-dealkylation sites (tertiary alicyclic amines) is 1. The van der Waals surface area contributed by atoms with E-state index in [0.717, 1.165) is 5.56 Å². The third-order valence-electron chi connectivity index (χ3n) is 6.80. The normalized spacial score (nSPS) is 28.4. The molecule has 3 aliphatic heterocycles. The van der Waals surface area contributed by atoms with Gasteiger partial charge < -0.3 is 10.1 Å². The number of amides is 3. The first-order chi connectivity index (χ1) is 15.5. The van der Waals surface area contributed by atoms with Crippen LogP contribution in [0.15, 0.2) is 48.5 Å². The molecule has 3 amide bonds. The lowest BCUT2D eigenvalue weighted by Gasteiger charge is -2.29. The summed E-state index contributed by atoms with van der Waals surface area (Å²) in [6.07, 6.45) is 1.07. The summed E-state index contributed by atoms with van der Waals surface area (Å²) < 4.78 is 5.10. The third kappa shape index (κ3) is 3.07. The molecule has 3 aliphatic rings. The fourth-order valence-electron chi connectivity index (χ4n) is 5.46. The van der Waals surface area contributed by atoms with Crippen LogP contribution < -0.4 is 10.6 Å². The van der Waals surface area contributed by atoms with E-state index in [2.05, 4.69) is 10.6 Å². The number of carbonyl (C=O) groups excluding carboxylic acids is 3. The second-order valence-corrected chi connectivity index (χ2v) is 9.01. The van der Waals surface area contributed by atoms with Crippen LogP contribution in [0.5, 0.6) is 0 Å². The van der Waals surface area contributed by atoms with Crippen LogP contribution in [0.3, 0.4) is 0 Å². The summed E-state index contributed by atoms with van der Waals surface area (Å²) >= 11 is 6.28. The van der Waals surface area contributed by atoms with Crippen LogP contribution in [-0.2, 0) is 31.1 Å². The third-order valence-corrected chi connectivity index (χ3v) is 7.03. The van der Waals surface area contributed by atoms with Crippen molar-refractivity contribution in [1.82, 2.24) is 10.2 Å². The molecule has 0 bridgehead atoms. The van der Waals surface area contributed by atoms with E-state index in [4.69, 9.17) is 16.3 Å². The van der Waals surface area contributed by atoms with Gasteiger partial charge in [0.2, 0.25) is 17.7 Å². The van der Waals surface area contributed by atoms with E-state index < -0.39 is 17.4 Å². The maximum Gasteiger partial charge on any atom is 0.250 e. The number of rotatable bonds is 6. The smallest absolute Gasteiger partial charge is 0.250 e. The molecule has 0 radical (unpaired) electrons. The highest BCUT2D eigenvalue weighted by Crippen LogP contribution is 2.53. The van der Waals surface area contributed by atoms with Gasteiger partial charge in [-0.25, -0.2) is 0 Å². The fourth-order valence-corrected chi connectivity index (χ4v) is 5.64. The first-order valence-corrected chi connectivity index (χ1v) is 11.1. The summed E-state index contributed by atoms with van der Waals surface area (Å²) in [5.41, 5.74) is 0.945. The van der Waals surface area contributed by atoms with Gasteiger partial charge in [0.05, 0.1) is 11.8 Å². The van der Waals surface area contributed by atoms with Crippen molar-refractivity contribution in [3.63, 3.8) is 0 Å². The van der Waals surface area contributed by atoms with Gasteiger partial charge in [-0.2, -0.15) is 0 Å². The van der Waals surface area contributed by atoms with Crippen molar-refractivity contribution >= 4 is 35.0 Å². The molecule has 2 fully saturated rings. The number of carbonyl (C=O) groups is 3. The highest BCUT2D eigenvalue weighted by molar-refractivity contribution is 6.31. The monoisotopic (exact) mass is 453 g/mol. The van der Waals surface area contributed by atoms with Gasteiger partial charge in [-0.05, 0) is 36.6 Å². The van der Waals surface area contributed by atoms with Crippen LogP contribution in [0.1, 0.15) is 17.5 Å². The minimum atomic E-state index is -1.33. The number of fused-ring (bicyclic) bond motifs is 4. The van der Waals surface area contributed by atoms with Crippen molar-refractivity contribution in [2.45, 2.75) is 24.4 Å². The Morgan fingerprint density at radius 2 is 1.88 bits per heavy atom. The van der Waals surface area contributed by atoms with E-state index >= 15 is 0 Å². The second-order valence-electron chi connectivity index (χ2n) is 8.57. The molecule has 2 saturated heterocycles. The number of ether oxygens (including phenoxy) is 1.